The van der Waals surface area contributed by atoms with E-state index in [0.29, 0.717) is 38.3 Å². The lowest BCUT2D eigenvalue weighted by Gasteiger charge is -2.23. The Morgan fingerprint density at radius 2 is 1.65 bits per heavy atom. The third-order valence-electron chi connectivity index (χ3n) is 5.35. The first-order valence-corrected chi connectivity index (χ1v) is 8.96. The van der Waals surface area contributed by atoms with Crippen LogP contribution < -0.4 is 5.32 Å². The normalized spacial score (nSPS) is 28.1. The van der Waals surface area contributed by atoms with Crippen LogP contribution in [-0.4, -0.2) is 35.2 Å². The summed E-state index contributed by atoms with van der Waals surface area (Å²) >= 11 is 0. The van der Waals surface area contributed by atoms with E-state index in [0.717, 1.165) is 12.8 Å². The van der Waals surface area contributed by atoms with E-state index in [2.05, 4.69) is 5.32 Å². The van der Waals surface area contributed by atoms with E-state index in [1.54, 1.807) is 0 Å². The zero-order valence-corrected chi connectivity index (χ0v) is 13.6. The van der Waals surface area contributed by atoms with Crippen molar-refractivity contribution in [2.75, 3.05) is 6.54 Å². The molecule has 1 aliphatic heterocycles. The summed E-state index contributed by atoms with van der Waals surface area (Å²) in [6.45, 7) is 0.378. The minimum atomic E-state index is -0.163. The minimum absolute atomic E-state index is 0.0444. The first kappa shape index (κ1) is 16.2. The number of carbonyl (C=O) groups is 3. The number of likely N-dealkylation sites (tertiary alicyclic amines) is 1. The summed E-state index contributed by atoms with van der Waals surface area (Å²) in [5.41, 5.74) is 0. The molecule has 0 aromatic rings. The quantitative estimate of drug-likeness (QED) is 0.624. The van der Waals surface area contributed by atoms with Gasteiger partial charge in [0, 0.05) is 19.0 Å². The fourth-order valence-corrected chi connectivity index (χ4v) is 4.03. The monoisotopic (exact) mass is 318 g/mol. The summed E-state index contributed by atoms with van der Waals surface area (Å²) in [5.74, 6) is -0.365. The fraction of sp³-hybridized carbons (Fsp3) is 0.722. The van der Waals surface area contributed by atoms with Crippen LogP contribution in [0.5, 0.6) is 0 Å². The molecular weight excluding hydrogens is 292 g/mol. The highest BCUT2D eigenvalue weighted by Gasteiger charge is 2.46. The van der Waals surface area contributed by atoms with Gasteiger partial charge in [-0.15, -0.1) is 0 Å². The van der Waals surface area contributed by atoms with Crippen LogP contribution in [0.2, 0.25) is 0 Å². The van der Waals surface area contributed by atoms with Gasteiger partial charge in [0.2, 0.25) is 17.7 Å². The van der Waals surface area contributed by atoms with Gasteiger partial charge in [0.1, 0.15) is 0 Å². The summed E-state index contributed by atoms with van der Waals surface area (Å²) in [7, 11) is 0. The van der Waals surface area contributed by atoms with Gasteiger partial charge in [-0.1, -0.05) is 31.4 Å². The van der Waals surface area contributed by atoms with Crippen molar-refractivity contribution in [2.45, 2.75) is 63.8 Å². The van der Waals surface area contributed by atoms with Gasteiger partial charge in [0.15, 0.2) is 0 Å². The van der Waals surface area contributed by atoms with Gasteiger partial charge in [0.25, 0.3) is 0 Å². The van der Waals surface area contributed by atoms with E-state index in [-0.39, 0.29) is 29.6 Å². The van der Waals surface area contributed by atoms with Crippen LogP contribution in [0.25, 0.3) is 0 Å². The molecule has 0 radical (unpaired) electrons. The van der Waals surface area contributed by atoms with Crippen molar-refractivity contribution < 1.29 is 14.4 Å². The number of hydrogen-bond acceptors (Lipinski definition) is 3. The molecule has 3 amide bonds. The van der Waals surface area contributed by atoms with E-state index in [1.807, 2.05) is 12.2 Å². The molecule has 1 saturated carbocycles. The van der Waals surface area contributed by atoms with Gasteiger partial charge in [-0.3, -0.25) is 19.3 Å². The molecule has 5 nitrogen and oxygen atoms in total. The second-order valence-electron chi connectivity index (χ2n) is 6.99. The smallest absolute Gasteiger partial charge is 0.233 e. The number of nitrogens with one attached hydrogen (secondary N) is 1. The number of amides is 3. The van der Waals surface area contributed by atoms with Crippen LogP contribution in [0.15, 0.2) is 12.2 Å². The van der Waals surface area contributed by atoms with Gasteiger partial charge >= 0.3 is 0 Å². The predicted octanol–water partition coefficient (Wildman–Crippen LogP) is 2.17. The molecule has 0 aromatic carbocycles. The molecule has 3 aliphatic rings. The van der Waals surface area contributed by atoms with Crippen molar-refractivity contribution in [2.24, 2.45) is 11.8 Å². The molecule has 3 rings (SSSR count). The number of rotatable bonds is 5. The van der Waals surface area contributed by atoms with E-state index in [4.69, 9.17) is 0 Å². The Kier molecular flexibility index (Phi) is 5.13. The van der Waals surface area contributed by atoms with E-state index in [1.165, 1.54) is 24.2 Å². The number of nitrogens with zero attached hydrogens (tertiary/aromatic N) is 1. The lowest BCUT2D eigenvalue weighted by Crippen LogP contribution is -2.37. The molecule has 0 unspecified atom stereocenters. The predicted molar refractivity (Wildman–Crippen MR) is 86.3 cm³/mol. The third kappa shape index (κ3) is 3.65. The SMILES string of the molecule is O=C(CCCN1C(=O)[C@H]2CC=CC[C@H]2C1=O)NC1CCCCC1. The van der Waals surface area contributed by atoms with E-state index < -0.39 is 0 Å². The number of hydrogen-bond donors (Lipinski definition) is 1. The molecule has 2 fully saturated rings. The first-order chi connectivity index (χ1) is 11.2. The van der Waals surface area contributed by atoms with E-state index >= 15 is 0 Å². The highest BCUT2D eigenvalue weighted by atomic mass is 16.2. The van der Waals surface area contributed by atoms with Crippen molar-refractivity contribution in [1.82, 2.24) is 10.2 Å². The van der Waals surface area contributed by atoms with Crippen molar-refractivity contribution in [1.29, 1.82) is 0 Å². The standard InChI is InChI=1S/C18H26N2O3/c21-16(19-13-7-2-1-3-8-13)11-6-12-20-17(22)14-9-4-5-10-15(14)18(20)23/h4-5,13-15H,1-3,6-12H2,(H,19,21)/t14-,15+. The van der Waals surface area contributed by atoms with Crippen LogP contribution >= 0.6 is 0 Å². The largest absolute Gasteiger partial charge is 0.353 e. The molecule has 126 valence electrons. The molecule has 0 aromatic heterocycles. The zero-order chi connectivity index (χ0) is 16.2. The van der Waals surface area contributed by atoms with Crippen LogP contribution in [0.1, 0.15) is 57.8 Å². The summed E-state index contributed by atoms with van der Waals surface area (Å²) in [4.78, 5) is 38.0. The maximum Gasteiger partial charge on any atom is 0.233 e. The van der Waals surface area contributed by atoms with Crippen LogP contribution in [0, 0.1) is 11.8 Å². The fourth-order valence-electron chi connectivity index (χ4n) is 4.03. The number of imide groups is 1. The maximum absolute atomic E-state index is 12.3. The Hall–Kier alpha value is -1.65. The molecule has 0 bridgehead atoms. The van der Waals surface area contributed by atoms with Crippen LogP contribution in [0.3, 0.4) is 0 Å². The summed E-state index contributed by atoms with van der Waals surface area (Å²) in [6, 6.07) is 0.320. The molecule has 1 N–H and O–H groups in total. The summed E-state index contributed by atoms with van der Waals surface area (Å²) < 4.78 is 0. The summed E-state index contributed by atoms with van der Waals surface area (Å²) in [6.07, 6.45) is 12.1. The molecule has 1 saturated heterocycles. The average molecular weight is 318 g/mol. The second kappa shape index (κ2) is 7.28. The summed E-state index contributed by atoms with van der Waals surface area (Å²) in [5, 5.41) is 3.08. The number of fused-ring (bicyclic) bond motifs is 1. The second-order valence-corrected chi connectivity index (χ2v) is 6.99. The molecule has 5 heteroatoms. The lowest BCUT2D eigenvalue weighted by molar-refractivity contribution is -0.140. The van der Waals surface area contributed by atoms with Gasteiger partial charge in [-0.25, -0.2) is 0 Å². The van der Waals surface area contributed by atoms with Crippen molar-refractivity contribution in [3.05, 3.63) is 12.2 Å². The van der Waals surface area contributed by atoms with Crippen molar-refractivity contribution in [3.8, 4) is 0 Å². The Bertz CT molecular complexity index is 482. The molecule has 0 spiro atoms. The Labute approximate surface area is 137 Å². The minimum Gasteiger partial charge on any atom is -0.353 e. The Morgan fingerprint density at radius 3 is 2.26 bits per heavy atom. The van der Waals surface area contributed by atoms with Crippen molar-refractivity contribution >= 4 is 17.7 Å². The first-order valence-electron chi connectivity index (χ1n) is 8.96. The van der Waals surface area contributed by atoms with Crippen molar-refractivity contribution in [3.63, 3.8) is 0 Å². The van der Waals surface area contributed by atoms with Gasteiger partial charge in [-0.2, -0.15) is 0 Å². The molecular formula is C18H26N2O3. The number of carbonyl (C=O) groups excluding carboxylic acids is 3. The maximum atomic E-state index is 12.3. The third-order valence-corrected chi connectivity index (χ3v) is 5.35. The lowest BCUT2D eigenvalue weighted by atomic mass is 9.85. The molecule has 2 aliphatic carbocycles. The molecule has 23 heavy (non-hydrogen) atoms. The van der Waals surface area contributed by atoms with Gasteiger partial charge < -0.3 is 5.32 Å². The topological polar surface area (TPSA) is 66.5 Å². The Morgan fingerprint density at radius 1 is 1.04 bits per heavy atom. The van der Waals surface area contributed by atoms with Gasteiger partial charge in [0.05, 0.1) is 11.8 Å². The zero-order valence-electron chi connectivity index (χ0n) is 13.6. The number of allylic oxidation sites excluding steroid dienone is 2. The van der Waals surface area contributed by atoms with E-state index in [9.17, 15) is 14.4 Å². The highest BCUT2D eigenvalue weighted by Crippen LogP contribution is 2.35. The van der Waals surface area contributed by atoms with Gasteiger partial charge in [-0.05, 0) is 32.1 Å². The van der Waals surface area contributed by atoms with Crippen LogP contribution in [0.4, 0.5) is 0 Å². The molecule has 1 heterocycles. The highest BCUT2D eigenvalue weighted by molar-refractivity contribution is 6.05. The molecule has 2 atom stereocenters. The van der Waals surface area contributed by atoms with Crippen LogP contribution in [-0.2, 0) is 14.4 Å². The average Bonchev–Trinajstić information content (AvgIpc) is 2.81. The Balaban J connectivity index is 1.42.